The number of amides is 1. The molecule has 0 radical (unpaired) electrons. The zero-order chi connectivity index (χ0) is 9.42. The van der Waals surface area contributed by atoms with E-state index in [4.69, 9.17) is 0 Å². The summed E-state index contributed by atoms with van der Waals surface area (Å²) < 4.78 is 1.56. The Morgan fingerprint density at radius 2 is 2.46 bits per heavy atom. The van der Waals surface area contributed by atoms with E-state index < -0.39 is 0 Å². The third kappa shape index (κ3) is 1.68. The zero-order valence-corrected chi connectivity index (χ0v) is 7.69. The molecule has 5 heteroatoms. The summed E-state index contributed by atoms with van der Waals surface area (Å²) in [5.41, 5.74) is 0. The molecule has 0 saturated heterocycles. The standard InChI is InChI=1S/C8H12N4O/c1-5-3-6(5)8(13)9-7-4-12(2)11-10-7/h4-6H,3H2,1-2H3,(H,9,13)/t5-,6-/m0/s1. The lowest BCUT2D eigenvalue weighted by molar-refractivity contribution is -0.117. The maximum absolute atomic E-state index is 11.4. The molecule has 1 aromatic heterocycles. The van der Waals surface area contributed by atoms with E-state index in [9.17, 15) is 4.79 Å². The van der Waals surface area contributed by atoms with Crippen molar-refractivity contribution in [1.82, 2.24) is 15.0 Å². The largest absolute Gasteiger partial charge is 0.308 e. The summed E-state index contributed by atoms with van der Waals surface area (Å²) >= 11 is 0. The van der Waals surface area contributed by atoms with E-state index in [2.05, 4.69) is 22.6 Å². The molecule has 1 amide bonds. The molecule has 5 nitrogen and oxygen atoms in total. The van der Waals surface area contributed by atoms with Crippen LogP contribution in [0.2, 0.25) is 0 Å². The van der Waals surface area contributed by atoms with Gasteiger partial charge < -0.3 is 5.32 Å². The minimum Gasteiger partial charge on any atom is -0.308 e. The first-order chi connectivity index (χ1) is 6.16. The van der Waals surface area contributed by atoms with Crippen LogP contribution in [0.25, 0.3) is 0 Å². The first-order valence-electron chi connectivity index (χ1n) is 4.34. The molecule has 0 bridgehead atoms. The van der Waals surface area contributed by atoms with Crippen LogP contribution in [-0.2, 0) is 11.8 Å². The monoisotopic (exact) mass is 180 g/mol. The molecule has 0 aliphatic heterocycles. The van der Waals surface area contributed by atoms with Crippen LogP contribution in [0.4, 0.5) is 5.82 Å². The molecular formula is C8H12N4O. The average molecular weight is 180 g/mol. The van der Waals surface area contributed by atoms with Crippen molar-refractivity contribution in [1.29, 1.82) is 0 Å². The number of carbonyl (C=O) groups excluding carboxylic acids is 1. The minimum absolute atomic E-state index is 0.0630. The predicted octanol–water partition coefficient (Wildman–Crippen LogP) is 0.410. The fraction of sp³-hybridized carbons (Fsp3) is 0.625. The number of aryl methyl sites for hydroxylation is 1. The molecular weight excluding hydrogens is 168 g/mol. The van der Waals surface area contributed by atoms with Gasteiger partial charge in [0.1, 0.15) is 0 Å². The summed E-state index contributed by atoms with van der Waals surface area (Å²) in [5.74, 6) is 1.30. The van der Waals surface area contributed by atoms with Crippen LogP contribution in [0.1, 0.15) is 13.3 Å². The van der Waals surface area contributed by atoms with Crippen molar-refractivity contribution in [3.05, 3.63) is 6.20 Å². The van der Waals surface area contributed by atoms with Crippen molar-refractivity contribution in [3.8, 4) is 0 Å². The van der Waals surface area contributed by atoms with Crippen LogP contribution in [0.15, 0.2) is 6.20 Å². The van der Waals surface area contributed by atoms with Crippen LogP contribution in [0, 0.1) is 11.8 Å². The lowest BCUT2D eigenvalue weighted by Gasteiger charge is -1.97. The Morgan fingerprint density at radius 3 is 2.92 bits per heavy atom. The number of rotatable bonds is 2. The SMILES string of the molecule is C[C@H]1C[C@@H]1C(=O)Nc1cn(C)nn1. The molecule has 1 N–H and O–H groups in total. The number of aromatic nitrogens is 3. The van der Waals surface area contributed by atoms with E-state index in [1.54, 1.807) is 17.9 Å². The number of carbonyl (C=O) groups is 1. The smallest absolute Gasteiger partial charge is 0.229 e. The third-order valence-corrected chi connectivity index (χ3v) is 2.30. The molecule has 13 heavy (non-hydrogen) atoms. The lowest BCUT2D eigenvalue weighted by Crippen LogP contribution is -2.14. The van der Waals surface area contributed by atoms with E-state index in [1.165, 1.54) is 0 Å². The second-order valence-corrected chi connectivity index (χ2v) is 3.59. The van der Waals surface area contributed by atoms with Gasteiger partial charge in [-0.15, -0.1) is 5.10 Å². The molecule has 1 aliphatic rings. The van der Waals surface area contributed by atoms with Gasteiger partial charge in [-0.05, 0) is 12.3 Å². The number of hydrogen-bond donors (Lipinski definition) is 1. The molecule has 2 atom stereocenters. The van der Waals surface area contributed by atoms with Gasteiger partial charge in [-0.2, -0.15) is 0 Å². The summed E-state index contributed by atoms with van der Waals surface area (Å²) in [6.07, 6.45) is 2.68. The molecule has 0 unspecified atom stereocenters. The summed E-state index contributed by atoms with van der Waals surface area (Å²) in [7, 11) is 1.77. The minimum atomic E-state index is 0.0630. The van der Waals surface area contributed by atoms with Crippen LogP contribution >= 0.6 is 0 Å². The van der Waals surface area contributed by atoms with Gasteiger partial charge in [0.2, 0.25) is 5.91 Å². The van der Waals surface area contributed by atoms with E-state index in [1.807, 2.05) is 0 Å². The molecule has 0 spiro atoms. The molecule has 70 valence electrons. The van der Waals surface area contributed by atoms with Gasteiger partial charge in [0.25, 0.3) is 0 Å². The van der Waals surface area contributed by atoms with Crippen molar-refractivity contribution < 1.29 is 4.79 Å². The topological polar surface area (TPSA) is 59.8 Å². The predicted molar refractivity (Wildman–Crippen MR) is 46.9 cm³/mol. The van der Waals surface area contributed by atoms with E-state index in [0.717, 1.165) is 6.42 Å². The van der Waals surface area contributed by atoms with Gasteiger partial charge in [0.05, 0.1) is 6.20 Å². The molecule has 1 heterocycles. The fourth-order valence-electron chi connectivity index (χ4n) is 1.31. The summed E-state index contributed by atoms with van der Waals surface area (Å²) in [6.45, 7) is 2.07. The molecule has 1 saturated carbocycles. The van der Waals surface area contributed by atoms with Crippen molar-refractivity contribution in [3.63, 3.8) is 0 Å². The molecule has 1 aromatic rings. The summed E-state index contributed by atoms with van der Waals surface area (Å²) in [6, 6.07) is 0. The Morgan fingerprint density at radius 1 is 1.77 bits per heavy atom. The van der Waals surface area contributed by atoms with Crippen LogP contribution in [0.3, 0.4) is 0 Å². The van der Waals surface area contributed by atoms with Gasteiger partial charge in [-0.25, -0.2) is 0 Å². The van der Waals surface area contributed by atoms with Gasteiger partial charge in [-0.1, -0.05) is 12.1 Å². The van der Waals surface area contributed by atoms with Crippen molar-refractivity contribution in [2.45, 2.75) is 13.3 Å². The highest BCUT2D eigenvalue weighted by atomic mass is 16.2. The normalized spacial score (nSPS) is 25.7. The fourth-order valence-corrected chi connectivity index (χ4v) is 1.31. The average Bonchev–Trinajstić information content (AvgIpc) is 2.66. The molecule has 1 aliphatic carbocycles. The maximum atomic E-state index is 11.4. The van der Waals surface area contributed by atoms with Crippen molar-refractivity contribution in [2.24, 2.45) is 18.9 Å². The number of anilines is 1. The first-order valence-corrected chi connectivity index (χ1v) is 4.34. The zero-order valence-electron chi connectivity index (χ0n) is 7.69. The highest BCUT2D eigenvalue weighted by Crippen LogP contribution is 2.38. The van der Waals surface area contributed by atoms with Crippen molar-refractivity contribution in [2.75, 3.05) is 5.32 Å². The molecule has 0 aromatic carbocycles. The second-order valence-electron chi connectivity index (χ2n) is 3.59. The Bertz CT molecular complexity index is 333. The quantitative estimate of drug-likeness (QED) is 0.717. The van der Waals surface area contributed by atoms with E-state index in [-0.39, 0.29) is 11.8 Å². The van der Waals surface area contributed by atoms with Gasteiger partial charge >= 0.3 is 0 Å². The third-order valence-electron chi connectivity index (χ3n) is 2.30. The lowest BCUT2D eigenvalue weighted by atomic mass is 10.3. The Hall–Kier alpha value is -1.39. The number of hydrogen-bond acceptors (Lipinski definition) is 3. The molecule has 1 fully saturated rings. The maximum Gasteiger partial charge on any atom is 0.229 e. The van der Waals surface area contributed by atoms with E-state index >= 15 is 0 Å². The summed E-state index contributed by atoms with van der Waals surface area (Å²) in [4.78, 5) is 11.4. The first kappa shape index (κ1) is 8.22. The Kier molecular flexibility index (Phi) is 1.79. The number of nitrogens with zero attached hydrogens (tertiary/aromatic N) is 3. The number of nitrogens with one attached hydrogen (secondary N) is 1. The van der Waals surface area contributed by atoms with Crippen LogP contribution in [-0.4, -0.2) is 20.9 Å². The van der Waals surface area contributed by atoms with E-state index in [0.29, 0.717) is 11.7 Å². The summed E-state index contributed by atoms with van der Waals surface area (Å²) in [5, 5.41) is 10.2. The van der Waals surface area contributed by atoms with Gasteiger partial charge in [-0.3, -0.25) is 9.48 Å². The Labute approximate surface area is 76.1 Å². The van der Waals surface area contributed by atoms with Crippen LogP contribution < -0.4 is 5.32 Å². The van der Waals surface area contributed by atoms with Crippen LogP contribution in [0.5, 0.6) is 0 Å². The second kappa shape index (κ2) is 2.83. The highest BCUT2D eigenvalue weighted by Gasteiger charge is 2.39. The molecule has 2 rings (SSSR count). The van der Waals surface area contributed by atoms with Gasteiger partial charge in [0.15, 0.2) is 5.82 Å². The Balaban J connectivity index is 1.95. The van der Waals surface area contributed by atoms with Gasteiger partial charge in [0, 0.05) is 13.0 Å². The van der Waals surface area contributed by atoms with Crippen molar-refractivity contribution >= 4 is 11.7 Å². The highest BCUT2D eigenvalue weighted by molar-refractivity contribution is 5.93.